The van der Waals surface area contributed by atoms with Gasteiger partial charge in [0.1, 0.15) is 0 Å². The summed E-state index contributed by atoms with van der Waals surface area (Å²) in [6.07, 6.45) is 1.08. The van der Waals surface area contributed by atoms with E-state index in [4.69, 9.17) is 4.74 Å². The zero-order chi connectivity index (χ0) is 14.4. The Labute approximate surface area is 114 Å². The van der Waals surface area contributed by atoms with Crippen molar-refractivity contribution in [2.45, 2.75) is 39.7 Å². The van der Waals surface area contributed by atoms with Gasteiger partial charge >= 0.3 is 0 Å². The first-order valence-corrected chi connectivity index (χ1v) is 6.39. The molecule has 0 aliphatic heterocycles. The highest BCUT2D eigenvalue weighted by atomic mass is 16.5. The number of methoxy groups -OCH3 is 1. The zero-order valence-corrected chi connectivity index (χ0v) is 11.9. The maximum Gasteiger partial charge on any atom is 0.224 e. The minimum Gasteiger partial charge on any atom is -0.382 e. The van der Waals surface area contributed by atoms with Gasteiger partial charge in [-0.15, -0.1) is 0 Å². The highest BCUT2D eigenvalue weighted by Crippen LogP contribution is 2.20. The lowest BCUT2D eigenvalue weighted by molar-refractivity contribution is -0.116. The third-order valence-electron chi connectivity index (χ3n) is 3.08. The molecule has 0 aliphatic carbocycles. The number of ketones is 1. The van der Waals surface area contributed by atoms with E-state index < -0.39 is 0 Å². The van der Waals surface area contributed by atoms with Crippen LogP contribution in [0.3, 0.4) is 0 Å². The van der Waals surface area contributed by atoms with Gasteiger partial charge < -0.3 is 10.1 Å². The maximum absolute atomic E-state index is 11.8. The van der Waals surface area contributed by atoms with Gasteiger partial charge in [0.15, 0.2) is 5.78 Å². The Bertz CT molecular complexity index is 468. The largest absolute Gasteiger partial charge is 0.382 e. The second kappa shape index (κ2) is 7.04. The lowest BCUT2D eigenvalue weighted by Crippen LogP contribution is -2.17. The second-order valence-corrected chi connectivity index (χ2v) is 4.69. The van der Waals surface area contributed by atoms with Crippen LogP contribution in [0.25, 0.3) is 0 Å². The molecule has 0 saturated carbocycles. The summed E-state index contributed by atoms with van der Waals surface area (Å²) in [5, 5.41) is 2.80. The Morgan fingerprint density at radius 1 is 1.37 bits per heavy atom. The van der Waals surface area contributed by atoms with Gasteiger partial charge in [0, 0.05) is 19.1 Å². The summed E-state index contributed by atoms with van der Waals surface area (Å²) < 4.78 is 5.10. The van der Waals surface area contributed by atoms with Gasteiger partial charge in [-0.25, -0.2) is 0 Å². The normalized spacial score (nSPS) is 12.0. The van der Waals surface area contributed by atoms with Gasteiger partial charge in [-0.1, -0.05) is 12.1 Å². The molecule has 0 saturated heterocycles. The number of anilines is 1. The van der Waals surface area contributed by atoms with Crippen LogP contribution >= 0.6 is 0 Å². The van der Waals surface area contributed by atoms with Gasteiger partial charge in [0.2, 0.25) is 5.91 Å². The molecule has 0 unspecified atom stereocenters. The number of benzene rings is 1. The fraction of sp³-hybridized carbons (Fsp3) is 0.467. The predicted molar refractivity (Wildman–Crippen MR) is 75.5 cm³/mol. The average molecular weight is 263 g/mol. The van der Waals surface area contributed by atoms with Gasteiger partial charge in [-0.3, -0.25) is 9.59 Å². The first-order valence-electron chi connectivity index (χ1n) is 6.39. The predicted octanol–water partition coefficient (Wildman–Crippen LogP) is 2.95. The average Bonchev–Trinajstić information content (AvgIpc) is 2.35. The fourth-order valence-corrected chi connectivity index (χ4v) is 1.90. The lowest BCUT2D eigenvalue weighted by atomic mass is 10.0. The van der Waals surface area contributed by atoms with Gasteiger partial charge in [0.05, 0.1) is 11.8 Å². The van der Waals surface area contributed by atoms with Crippen LogP contribution < -0.4 is 5.32 Å². The number of hydrogen-bond acceptors (Lipinski definition) is 3. The molecule has 1 N–H and O–H groups in total. The van der Waals surface area contributed by atoms with E-state index in [0.717, 1.165) is 5.56 Å². The smallest absolute Gasteiger partial charge is 0.224 e. The van der Waals surface area contributed by atoms with E-state index in [0.29, 0.717) is 24.1 Å². The minimum atomic E-state index is -0.1000. The molecule has 1 amide bonds. The van der Waals surface area contributed by atoms with Crippen molar-refractivity contribution in [3.05, 3.63) is 29.3 Å². The standard InChI is InChI=1S/C15H21NO3/c1-10-6-5-7-13(15(10)12(3)17)16-14(18)9-8-11(2)19-4/h5-7,11H,8-9H2,1-4H3,(H,16,18)/t11-/m1/s1. The molecule has 0 bridgehead atoms. The van der Waals surface area contributed by atoms with Gasteiger partial charge in [0.25, 0.3) is 0 Å². The lowest BCUT2D eigenvalue weighted by Gasteiger charge is -2.12. The van der Waals surface area contributed by atoms with E-state index in [1.165, 1.54) is 6.92 Å². The van der Waals surface area contributed by atoms with Crippen molar-refractivity contribution in [1.29, 1.82) is 0 Å². The number of hydrogen-bond donors (Lipinski definition) is 1. The number of ether oxygens (including phenoxy) is 1. The highest BCUT2D eigenvalue weighted by molar-refractivity contribution is 6.04. The molecule has 0 aliphatic rings. The van der Waals surface area contributed by atoms with Crippen LogP contribution in [0.1, 0.15) is 42.6 Å². The minimum absolute atomic E-state index is 0.0429. The van der Waals surface area contributed by atoms with Crippen LogP contribution in [0.5, 0.6) is 0 Å². The van der Waals surface area contributed by atoms with Crippen LogP contribution in [0.15, 0.2) is 18.2 Å². The van der Waals surface area contributed by atoms with E-state index in [-0.39, 0.29) is 17.8 Å². The number of carbonyl (C=O) groups is 2. The molecule has 0 spiro atoms. The molecule has 0 aromatic heterocycles. The van der Waals surface area contributed by atoms with Gasteiger partial charge in [-0.05, 0) is 38.8 Å². The van der Waals surface area contributed by atoms with Crippen molar-refractivity contribution in [1.82, 2.24) is 0 Å². The van der Waals surface area contributed by atoms with Crippen LogP contribution in [0.4, 0.5) is 5.69 Å². The number of carbonyl (C=O) groups excluding carboxylic acids is 2. The molecule has 0 radical (unpaired) electrons. The van der Waals surface area contributed by atoms with Crippen molar-refractivity contribution in [3.8, 4) is 0 Å². The molecular formula is C15H21NO3. The Morgan fingerprint density at radius 2 is 2.05 bits per heavy atom. The number of amides is 1. The summed E-state index contributed by atoms with van der Waals surface area (Å²) in [7, 11) is 1.62. The summed E-state index contributed by atoms with van der Waals surface area (Å²) in [5.74, 6) is -0.143. The summed E-state index contributed by atoms with van der Waals surface area (Å²) >= 11 is 0. The SMILES string of the molecule is CO[C@H](C)CCC(=O)Nc1cccc(C)c1C(C)=O. The number of aryl methyl sites for hydroxylation is 1. The van der Waals surface area contributed by atoms with Crippen molar-refractivity contribution in [2.75, 3.05) is 12.4 Å². The summed E-state index contributed by atoms with van der Waals surface area (Å²) in [6, 6.07) is 5.44. The molecule has 1 rings (SSSR count). The van der Waals surface area contributed by atoms with Crippen LogP contribution in [-0.2, 0) is 9.53 Å². The summed E-state index contributed by atoms with van der Waals surface area (Å²) in [5.41, 5.74) is 2.04. The van der Waals surface area contributed by atoms with E-state index in [9.17, 15) is 9.59 Å². The zero-order valence-electron chi connectivity index (χ0n) is 11.9. The Hall–Kier alpha value is -1.68. The molecule has 4 heteroatoms. The molecule has 0 heterocycles. The number of nitrogens with one attached hydrogen (secondary N) is 1. The molecule has 1 atom stereocenters. The molecular weight excluding hydrogens is 242 g/mol. The molecule has 1 aromatic carbocycles. The molecule has 1 aromatic rings. The third kappa shape index (κ3) is 4.48. The Kier molecular flexibility index (Phi) is 5.70. The number of rotatable bonds is 6. The summed E-state index contributed by atoms with van der Waals surface area (Å²) in [6.45, 7) is 5.28. The van der Waals surface area contributed by atoms with Crippen molar-refractivity contribution in [2.24, 2.45) is 0 Å². The molecule has 104 valence electrons. The second-order valence-electron chi connectivity index (χ2n) is 4.69. The number of Topliss-reactive ketones (excluding diaryl/α,β-unsaturated/α-hetero) is 1. The van der Waals surface area contributed by atoms with Crippen LogP contribution in [0.2, 0.25) is 0 Å². The highest BCUT2D eigenvalue weighted by Gasteiger charge is 2.13. The molecule has 19 heavy (non-hydrogen) atoms. The monoisotopic (exact) mass is 263 g/mol. The molecule has 0 fully saturated rings. The first kappa shape index (κ1) is 15.4. The van der Waals surface area contributed by atoms with Crippen molar-refractivity contribution in [3.63, 3.8) is 0 Å². The maximum atomic E-state index is 11.8. The molecule has 4 nitrogen and oxygen atoms in total. The van der Waals surface area contributed by atoms with E-state index in [1.54, 1.807) is 13.2 Å². The quantitative estimate of drug-likeness (QED) is 0.803. The Balaban J connectivity index is 2.74. The Morgan fingerprint density at radius 3 is 2.63 bits per heavy atom. The van der Waals surface area contributed by atoms with Crippen molar-refractivity contribution >= 4 is 17.4 Å². The van der Waals surface area contributed by atoms with E-state index >= 15 is 0 Å². The summed E-state index contributed by atoms with van der Waals surface area (Å²) in [4.78, 5) is 23.5. The topological polar surface area (TPSA) is 55.4 Å². The van der Waals surface area contributed by atoms with E-state index in [2.05, 4.69) is 5.32 Å². The van der Waals surface area contributed by atoms with Crippen LogP contribution in [-0.4, -0.2) is 24.9 Å². The van der Waals surface area contributed by atoms with Crippen molar-refractivity contribution < 1.29 is 14.3 Å². The third-order valence-corrected chi connectivity index (χ3v) is 3.08. The van der Waals surface area contributed by atoms with E-state index in [1.807, 2.05) is 26.0 Å². The van der Waals surface area contributed by atoms with Crippen LogP contribution in [0, 0.1) is 6.92 Å². The first-order chi connectivity index (χ1) is 8.95. The fourth-order valence-electron chi connectivity index (χ4n) is 1.90. The van der Waals surface area contributed by atoms with Gasteiger partial charge in [-0.2, -0.15) is 0 Å².